The van der Waals surface area contributed by atoms with E-state index in [2.05, 4.69) is 29.4 Å². The van der Waals surface area contributed by atoms with Gasteiger partial charge in [0.25, 0.3) is 0 Å². The fourth-order valence-corrected chi connectivity index (χ4v) is 2.11. The van der Waals surface area contributed by atoms with Crippen molar-refractivity contribution in [3.05, 3.63) is 30.1 Å². The van der Waals surface area contributed by atoms with Crippen molar-refractivity contribution < 1.29 is 0 Å². The lowest BCUT2D eigenvalue weighted by Crippen LogP contribution is -2.18. The van der Waals surface area contributed by atoms with E-state index in [4.69, 9.17) is 0 Å². The number of nitrogens with one attached hydrogen (secondary N) is 1. The zero-order valence-corrected chi connectivity index (χ0v) is 11.8. The molecule has 0 saturated carbocycles. The Balaban J connectivity index is 1.82. The Labute approximate surface area is 112 Å². The first-order valence-electron chi connectivity index (χ1n) is 7.53. The lowest BCUT2D eigenvalue weighted by atomic mass is 10.1. The molecule has 1 heterocycles. The van der Waals surface area contributed by atoms with Crippen LogP contribution in [0.5, 0.6) is 0 Å². The highest BCUT2D eigenvalue weighted by Gasteiger charge is 1.93. The number of hydrogen-bond donors (Lipinski definition) is 1. The summed E-state index contributed by atoms with van der Waals surface area (Å²) in [6.07, 6.45) is 14.5. The topological polar surface area (TPSA) is 24.9 Å². The first-order valence-corrected chi connectivity index (χ1v) is 7.53. The minimum Gasteiger partial charge on any atom is -0.316 e. The summed E-state index contributed by atoms with van der Waals surface area (Å²) < 4.78 is 0. The number of rotatable bonds is 11. The van der Waals surface area contributed by atoms with Gasteiger partial charge in [0.1, 0.15) is 0 Å². The maximum absolute atomic E-state index is 4.02. The van der Waals surface area contributed by atoms with Gasteiger partial charge in [0.15, 0.2) is 0 Å². The summed E-state index contributed by atoms with van der Waals surface area (Å²) in [5.74, 6) is 0. The predicted molar refractivity (Wildman–Crippen MR) is 78.8 cm³/mol. The van der Waals surface area contributed by atoms with Gasteiger partial charge in [0, 0.05) is 12.4 Å². The van der Waals surface area contributed by atoms with Crippen LogP contribution in [0, 0.1) is 0 Å². The Morgan fingerprint density at radius 3 is 2.28 bits per heavy atom. The summed E-state index contributed by atoms with van der Waals surface area (Å²) in [6, 6.07) is 4.19. The van der Waals surface area contributed by atoms with Crippen LogP contribution in [0.1, 0.15) is 57.4 Å². The molecule has 0 bridgehead atoms. The quantitative estimate of drug-likeness (QED) is 0.599. The standard InChI is InChI=1S/C16H28N2/c1-2-3-4-5-6-7-8-12-17-13-9-16-10-14-18-15-11-16/h10-11,14-15,17H,2-9,12-13H2,1H3. The molecule has 1 rings (SSSR count). The number of pyridine rings is 1. The smallest absolute Gasteiger partial charge is 0.0270 e. The fraction of sp³-hybridized carbons (Fsp3) is 0.688. The molecule has 0 aliphatic heterocycles. The van der Waals surface area contributed by atoms with E-state index in [0.29, 0.717) is 0 Å². The van der Waals surface area contributed by atoms with E-state index in [0.717, 1.165) is 13.0 Å². The second-order valence-electron chi connectivity index (χ2n) is 4.98. The molecule has 0 spiro atoms. The Kier molecular flexibility index (Phi) is 9.45. The van der Waals surface area contributed by atoms with E-state index in [1.807, 2.05) is 12.4 Å². The minimum absolute atomic E-state index is 1.08. The Morgan fingerprint density at radius 2 is 1.56 bits per heavy atom. The van der Waals surface area contributed by atoms with Crippen molar-refractivity contribution in [3.63, 3.8) is 0 Å². The summed E-state index contributed by atoms with van der Waals surface area (Å²) in [6.45, 7) is 4.52. The van der Waals surface area contributed by atoms with Crippen molar-refractivity contribution in [2.24, 2.45) is 0 Å². The van der Waals surface area contributed by atoms with Crippen molar-refractivity contribution in [1.82, 2.24) is 10.3 Å². The van der Waals surface area contributed by atoms with E-state index in [1.54, 1.807) is 0 Å². The molecule has 2 nitrogen and oxygen atoms in total. The summed E-state index contributed by atoms with van der Waals surface area (Å²) in [7, 11) is 0. The van der Waals surface area contributed by atoms with Crippen molar-refractivity contribution >= 4 is 0 Å². The molecule has 18 heavy (non-hydrogen) atoms. The molecule has 1 aromatic heterocycles. The van der Waals surface area contributed by atoms with Gasteiger partial charge in [0.05, 0.1) is 0 Å². The highest BCUT2D eigenvalue weighted by atomic mass is 14.8. The van der Waals surface area contributed by atoms with Gasteiger partial charge in [-0.3, -0.25) is 4.98 Å². The van der Waals surface area contributed by atoms with Gasteiger partial charge in [-0.25, -0.2) is 0 Å². The van der Waals surface area contributed by atoms with E-state index in [9.17, 15) is 0 Å². The van der Waals surface area contributed by atoms with Gasteiger partial charge >= 0.3 is 0 Å². The molecule has 0 saturated heterocycles. The van der Waals surface area contributed by atoms with E-state index in [-0.39, 0.29) is 0 Å². The monoisotopic (exact) mass is 248 g/mol. The Morgan fingerprint density at radius 1 is 0.889 bits per heavy atom. The molecule has 0 aliphatic rings. The van der Waals surface area contributed by atoms with Crippen LogP contribution < -0.4 is 5.32 Å². The van der Waals surface area contributed by atoms with Gasteiger partial charge < -0.3 is 5.32 Å². The van der Waals surface area contributed by atoms with Crippen LogP contribution in [-0.4, -0.2) is 18.1 Å². The molecule has 0 atom stereocenters. The normalized spacial score (nSPS) is 10.7. The highest BCUT2D eigenvalue weighted by molar-refractivity contribution is 5.09. The van der Waals surface area contributed by atoms with Crippen LogP contribution in [0.2, 0.25) is 0 Å². The van der Waals surface area contributed by atoms with Crippen LogP contribution in [0.15, 0.2) is 24.5 Å². The summed E-state index contributed by atoms with van der Waals surface area (Å²) in [5, 5.41) is 3.52. The average molecular weight is 248 g/mol. The van der Waals surface area contributed by atoms with Crippen LogP contribution in [0.3, 0.4) is 0 Å². The van der Waals surface area contributed by atoms with E-state index < -0.39 is 0 Å². The maximum atomic E-state index is 4.02. The second-order valence-corrected chi connectivity index (χ2v) is 4.98. The number of unbranched alkanes of at least 4 members (excludes halogenated alkanes) is 6. The molecule has 2 heteroatoms. The van der Waals surface area contributed by atoms with Crippen molar-refractivity contribution in [2.75, 3.05) is 13.1 Å². The summed E-state index contributed by atoms with van der Waals surface area (Å²) in [4.78, 5) is 4.02. The summed E-state index contributed by atoms with van der Waals surface area (Å²) >= 11 is 0. The SMILES string of the molecule is CCCCCCCCCNCCc1ccncc1. The van der Waals surface area contributed by atoms with Gasteiger partial charge in [-0.05, 0) is 43.6 Å². The zero-order valence-electron chi connectivity index (χ0n) is 11.8. The van der Waals surface area contributed by atoms with Crippen molar-refractivity contribution in [3.8, 4) is 0 Å². The fourth-order valence-electron chi connectivity index (χ4n) is 2.11. The van der Waals surface area contributed by atoms with Crippen LogP contribution in [0.4, 0.5) is 0 Å². The highest BCUT2D eigenvalue weighted by Crippen LogP contribution is 2.06. The molecule has 0 unspecified atom stereocenters. The molecular weight excluding hydrogens is 220 g/mol. The first-order chi connectivity index (χ1) is 8.93. The Hall–Kier alpha value is -0.890. The second kappa shape index (κ2) is 11.2. The third-order valence-electron chi connectivity index (χ3n) is 3.30. The first kappa shape index (κ1) is 15.2. The van der Waals surface area contributed by atoms with Crippen LogP contribution in [0.25, 0.3) is 0 Å². The molecular formula is C16H28N2. The van der Waals surface area contributed by atoms with Gasteiger partial charge in [-0.15, -0.1) is 0 Å². The molecule has 1 N–H and O–H groups in total. The lowest BCUT2D eigenvalue weighted by molar-refractivity contribution is 0.563. The molecule has 0 aliphatic carbocycles. The van der Waals surface area contributed by atoms with E-state index >= 15 is 0 Å². The van der Waals surface area contributed by atoms with Crippen molar-refractivity contribution in [1.29, 1.82) is 0 Å². The van der Waals surface area contributed by atoms with E-state index in [1.165, 1.54) is 57.1 Å². The number of nitrogens with zero attached hydrogens (tertiary/aromatic N) is 1. The summed E-state index contributed by atoms with van der Waals surface area (Å²) in [5.41, 5.74) is 1.37. The average Bonchev–Trinajstić information content (AvgIpc) is 2.42. The van der Waals surface area contributed by atoms with Gasteiger partial charge in [-0.2, -0.15) is 0 Å². The van der Waals surface area contributed by atoms with Gasteiger partial charge in [0.2, 0.25) is 0 Å². The molecule has 1 aromatic rings. The molecule has 0 aromatic carbocycles. The molecule has 0 fully saturated rings. The zero-order chi connectivity index (χ0) is 12.9. The largest absolute Gasteiger partial charge is 0.316 e. The van der Waals surface area contributed by atoms with Crippen LogP contribution >= 0.6 is 0 Å². The Bertz CT molecular complexity index is 272. The van der Waals surface area contributed by atoms with Crippen molar-refractivity contribution in [2.45, 2.75) is 58.3 Å². The van der Waals surface area contributed by atoms with Crippen LogP contribution in [-0.2, 0) is 6.42 Å². The van der Waals surface area contributed by atoms with Gasteiger partial charge in [-0.1, -0.05) is 45.4 Å². The lowest BCUT2D eigenvalue weighted by Gasteiger charge is -2.05. The molecule has 102 valence electrons. The third kappa shape index (κ3) is 8.24. The molecule has 0 radical (unpaired) electrons. The third-order valence-corrected chi connectivity index (χ3v) is 3.30. The number of aromatic nitrogens is 1. The molecule has 0 amide bonds. The number of hydrogen-bond acceptors (Lipinski definition) is 2. The maximum Gasteiger partial charge on any atom is 0.0270 e. The predicted octanol–water partition coefficient (Wildman–Crippen LogP) is 3.96. The minimum atomic E-state index is 1.08.